The summed E-state index contributed by atoms with van der Waals surface area (Å²) in [5, 5.41) is 0. The molecule has 1 amide bonds. The van der Waals surface area contributed by atoms with E-state index in [0.717, 1.165) is 29.8 Å². The average Bonchev–Trinajstić information content (AvgIpc) is 3.11. The van der Waals surface area contributed by atoms with Crippen molar-refractivity contribution in [1.29, 1.82) is 0 Å². The number of carbonyl (C=O) groups is 1. The van der Waals surface area contributed by atoms with Gasteiger partial charge in [0.1, 0.15) is 11.5 Å². The second-order valence-corrected chi connectivity index (χ2v) is 7.77. The van der Waals surface area contributed by atoms with E-state index in [1.165, 1.54) is 23.1 Å². The van der Waals surface area contributed by atoms with Crippen molar-refractivity contribution in [3.63, 3.8) is 0 Å². The summed E-state index contributed by atoms with van der Waals surface area (Å²) in [5.74, 6) is -3.01. The molecule has 0 radical (unpaired) electrons. The van der Waals surface area contributed by atoms with E-state index in [1.807, 2.05) is 37.3 Å². The molecule has 0 N–H and O–H groups in total. The lowest BCUT2D eigenvalue weighted by Crippen LogP contribution is -2.29. The Balaban J connectivity index is 1.71. The van der Waals surface area contributed by atoms with Gasteiger partial charge in [-0.15, -0.1) is 13.2 Å². The molecule has 3 aromatic rings. The highest BCUT2D eigenvalue weighted by molar-refractivity contribution is 6.46. The van der Waals surface area contributed by atoms with E-state index in [4.69, 9.17) is 0 Å². The SMILES string of the molecule is C[C@@H](N=C1C[C@@H](c2ccc(F)c(F)c2)N(c2ccc(OC(F)(F)F)cc2)C1=O)c1ccccc1. The number of hydrogen-bond acceptors (Lipinski definition) is 3. The summed E-state index contributed by atoms with van der Waals surface area (Å²) in [6.45, 7) is 1.83. The summed E-state index contributed by atoms with van der Waals surface area (Å²) in [5.41, 5.74) is 1.72. The van der Waals surface area contributed by atoms with Crippen LogP contribution in [0, 0.1) is 11.6 Å². The summed E-state index contributed by atoms with van der Waals surface area (Å²) in [6.07, 6.45) is -4.74. The Hall–Kier alpha value is -3.75. The largest absolute Gasteiger partial charge is 0.573 e. The molecular formula is C25H19F5N2O2. The summed E-state index contributed by atoms with van der Waals surface area (Å²) in [4.78, 5) is 19.2. The Kier molecular flexibility index (Phi) is 6.37. The Morgan fingerprint density at radius 3 is 2.26 bits per heavy atom. The van der Waals surface area contributed by atoms with Gasteiger partial charge in [-0.05, 0) is 54.4 Å². The smallest absolute Gasteiger partial charge is 0.406 e. The molecule has 9 heteroatoms. The molecule has 34 heavy (non-hydrogen) atoms. The van der Waals surface area contributed by atoms with Gasteiger partial charge in [-0.3, -0.25) is 14.7 Å². The van der Waals surface area contributed by atoms with Crippen LogP contribution in [0.15, 0.2) is 77.8 Å². The average molecular weight is 474 g/mol. The molecule has 4 rings (SSSR count). The van der Waals surface area contributed by atoms with Crippen molar-refractivity contribution >= 4 is 17.3 Å². The first kappa shape index (κ1) is 23.4. The molecule has 0 saturated carbocycles. The predicted octanol–water partition coefficient (Wildman–Crippen LogP) is 6.54. The molecule has 1 heterocycles. The third kappa shape index (κ3) is 5.08. The van der Waals surface area contributed by atoms with Gasteiger partial charge in [-0.2, -0.15) is 0 Å². The molecule has 2 atom stereocenters. The Morgan fingerprint density at radius 1 is 0.971 bits per heavy atom. The molecule has 0 unspecified atom stereocenters. The number of halogens is 5. The number of aliphatic imine (C=N–C) groups is 1. The van der Waals surface area contributed by atoms with Gasteiger partial charge in [0.25, 0.3) is 5.91 Å². The van der Waals surface area contributed by atoms with Crippen LogP contribution >= 0.6 is 0 Å². The normalized spacial score (nSPS) is 18.4. The zero-order chi connectivity index (χ0) is 24.5. The zero-order valence-corrected chi connectivity index (χ0v) is 17.9. The van der Waals surface area contributed by atoms with Gasteiger partial charge in [0.15, 0.2) is 11.6 Å². The van der Waals surface area contributed by atoms with E-state index in [0.29, 0.717) is 5.56 Å². The first-order chi connectivity index (χ1) is 16.1. The molecule has 0 bridgehead atoms. The topological polar surface area (TPSA) is 41.9 Å². The van der Waals surface area contributed by atoms with Gasteiger partial charge in [-0.25, -0.2) is 8.78 Å². The molecule has 4 nitrogen and oxygen atoms in total. The number of benzene rings is 3. The molecule has 1 fully saturated rings. The molecule has 0 spiro atoms. The van der Waals surface area contributed by atoms with Crippen LogP contribution in [0.3, 0.4) is 0 Å². The summed E-state index contributed by atoms with van der Waals surface area (Å²) in [7, 11) is 0. The van der Waals surface area contributed by atoms with Crippen molar-refractivity contribution in [3.8, 4) is 5.75 Å². The van der Waals surface area contributed by atoms with Crippen LogP contribution in [0.25, 0.3) is 0 Å². The quantitative estimate of drug-likeness (QED) is 0.394. The van der Waals surface area contributed by atoms with E-state index in [9.17, 15) is 26.7 Å². The molecule has 1 aliphatic heterocycles. The fourth-order valence-corrected chi connectivity index (χ4v) is 3.88. The molecule has 1 saturated heterocycles. The Labute approximate surface area is 192 Å². The highest BCUT2D eigenvalue weighted by atomic mass is 19.4. The second kappa shape index (κ2) is 9.24. The minimum Gasteiger partial charge on any atom is -0.406 e. The minimum atomic E-state index is -4.85. The number of alkyl halides is 3. The van der Waals surface area contributed by atoms with Crippen LogP contribution in [0.4, 0.5) is 27.6 Å². The molecule has 1 aliphatic rings. The van der Waals surface area contributed by atoms with Crippen molar-refractivity contribution in [2.24, 2.45) is 4.99 Å². The molecule has 0 aromatic heterocycles. The fourth-order valence-electron chi connectivity index (χ4n) is 3.88. The van der Waals surface area contributed by atoms with Crippen molar-refractivity contribution in [2.45, 2.75) is 31.8 Å². The first-order valence-corrected chi connectivity index (χ1v) is 10.4. The van der Waals surface area contributed by atoms with Gasteiger partial charge in [0.2, 0.25) is 0 Å². The second-order valence-electron chi connectivity index (χ2n) is 7.77. The molecule has 3 aromatic carbocycles. The highest BCUT2D eigenvalue weighted by Gasteiger charge is 2.39. The minimum absolute atomic E-state index is 0.113. The monoisotopic (exact) mass is 474 g/mol. The Bertz CT molecular complexity index is 1210. The number of anilines is 1. The number of amides is 1. The number of carbonyl (C=O) groups excluding carboxylic acids is 1. The van der Waals surface area contributed by atoms with Crippen LogP contribution < -0.4 is 9.64 Å². The number of ether oxygens (including phenoxy) is 1. The number of nitrogens with zero attached hydrogens (tertiary/aromatic N) is 2. The third-order valence-electron chi connectivity index (χ3n) is 5.47. The van der Waals surface area contributed by atoms with Gasteiger partial charge >= 0.3 is 6.36 Å². The summed E-state index contributed by atoms with van der Waals surface area (Å²) >= 11 is 0. The summed E-state index contributed by atoms with van der Waals surface area (Å²) in [6, 6.07) is 16.4. The highest BCUT2D eigenvalue weighted by Crippen LogP contribution is 2.38. The number of rotatable bonds is 5. The summed E-state index contributed by atoms with van der Waals surface area (Å²) < 4.78 is 68.9. The van der Waals surface area contributed by atoms with E-state index in [2.05, 4.69) is 9.73 Å². The molecular weight excluding hydrogens is 455 g/mol. The van der Waals surface area contributed by atoms with Gasteiger partial charge in [0.05, 0.1) is 12.1 Å². The first-order valence-electron chi connectivity index (χ1n) is 10.4. The van der Waals surface area contributed by atoms with Crippen molar-refractivity contribution in [2.75, 3.05) is 4.90 Å². The predicted molar refractivity (Wildman–Crippen MR) is 117 cm³/mol. The van der Waals surface area contributed by atoms with Crippen LogP contribution in [-0.4, -0.2) is 18.0 Å². The standard InChI is InChI=1S/C25H19F5N2O2/c1-15(16-5-3-2-4-6-16)31-22-14-23(17-7-12-20(26)21(27)13-17)32(24(22)33)18-8-10-19(11-9-18)34-25(28,29)30/h2-13,15,23H,14H2,1H3/t15-,23+/m1/s1. The van der Waals surface area contributed by atoms with E-state index >= 15 is 0 Å². The lowest BCUT2D eigenvalue weighted by atomic mass is 10.0. The van der Waals surface area contributed by atoms with Crippen LogP contribution in [0.2, 0.25) is 0 Å². The van der Waals surface area contributed by atoms with Crippen LogP contribution in [0.1, 0.15) is 36.6 Å². The maximum Gasteiger partial charge on any atom is 0.573 e. The Morgan fingerprint density at radius 2 is 1.65 bits per heavy atom. The van der Waals surface area contributed by atoms with Crippen molar-refractivity contribution < 1.29 is 31.5 Å². The fraction of sp³-hybridized carbons (Fsp3) is 0.200. The van der Waals surface area contributed by atoms with Gasteiger partial charge in [-0.1, -0.05) is 36.4 Å². The van der Waals surface area contributed by atoms with E-state index in [1.54, 1.807) is 0 Å². The van der Waals surface area contributed by atoms with Gasteiger partial charge in [0, 0.05) is 12.1 Å². The zero-order valence-electron chi connectivity index (χ0n) is 17.9. The lowest BCUT2D eigenvalue weighted by molar-refractivity contribution is -0.274. The third-order valence-corrected chi connectivity index (χ3v) is 5.47. The maximum absolute atomic E-state index is 14.0. The van der Waals surface area contributed by atoms with E-state index in [-0.39, 0.29) is 23.9 Å². The van der Waals surface area contributed by atoms with E-state index < -0.39 is 35.7 Å². The maximum atomic E-state index is 14.0. The van der Waals surface area contributed by atoms with Crippen molar-refractivity contribution in [1.82, 2.24) is 0 Å². The van der Waals surface area contributed by atoms with Crippen LogP contribution in [-0.2, 0) is 4.79 Å². The van der Waals surface area contributed by atoms with Crippen molar-refractivity contribution in [3.05, 3.63) is 95.6 Å². The molecule has 0 aliphatic carbocycles. The lowest BCUT2D eigenvalue weighted by Gasteiger charge is -2.25. The number of hydrogen-bond donors (Lipinski definition) is 0. The van der Waals surface area contributed by atoms with Gasteiger partial charge < -0.3 is 4.74 Å². The molecule has 176 valence electrons. The van der Waals surface area contributed by atoms with Crippen LogP contribution in [0.5, 0.6) is 5.75 Å².